The third-order valence-corrected chi connectivity index (χ3v) is 3.40. The Bertz CT molecular complexity index is 634. The first kappa shape index (κ1) is 16.0. The van der Waals surface area contributed by atoms with Crippen molar-refractivity contribution in [2.75, 3.05) is 5.32 Å². The van der Waals surface area contributed by atoms with E-state index < -0.39 is 6.36 Å². The van der Waals surface area contributed by atoms with E-state index in [4.69, 9.17) is 11.6 Å². The average molecular weight is 381 g/mol. The van der Waals surface area contributed by atoms with Crippen LogP contribution in [0.4, 0.5) is 18.9 Å². The topological polar surface area (TPSA) is 21.3 Å². The van der Waals surface area contributed by atoms with Crippen molar-refractivity contribution in [1.82, 2.24) is 0 Å². The second kappa shape index (κ2) is 6.58. The van der Waals surface area contributed by atoms with Crippen LogP contribution in [0.3, 0.4) is 0 Å². The summed E-state index contributed by atoms with van der Waals surface area (Å²) < 4.78 is 41.8. The molecular weight excluding hydrogens is 371 g/mol. The first-order chi connectivity index (χ1) is 9.85. The fourth-order valence-corrected chi connectivity index (χ4v) is 2.44. The Balaban J connectivity index is 2.13. The molecule has 0 heterocycles. The molecule has 2 aromatic carbocycles. The molecule has 0 atom stereocenters. The van der Waals surface area contributed by atoms with Crippen molar-refractivity contribution in [1.29, 1.82) is 0 Å². The standard InChI is InChI=1S/C14H10BrClF3NO/c15-10-5-6-12(11(16)7-10)20-8-9-3-1-2-4-13(9)21-14(17,18)19/h1-7,20H,8H2. The lowest BCUT2D eigenvalue weighted by Gasteiger charge is -2.14. The van der Waals surface area contributed by atoms with E-state index in [9.17, 15) is 13.2 Å². The van der Waals surface area contributed by atoms with Crippen molar-refractivity contribution >= 4 is 33.2 Å². The van der Waals surface area contributed by atoms with Crippen LogP contribution < -0.4 is 10.1 Å². The van der Waals surface area contributed by atoms with Gasteiger partial charge in [-0.3, -0.25) is 0 Å². The number of ether oxygens (including phenoxy) is 1. The molecule has 0 amide bonds. The summed E-state index contributed by atoms with van der Waals surface area (Å²) >= 11 is 9.32. The molecule has 21 heavy (non-hydrogen) atoms. The molecule has 2 rings (SSSR count). The van der Waals surface area contributed by atoms with Gasteiger partial charge in [0.15, 0.2) is 0 Å². The number of benzene rings is 2. The highest BCUT2D eigenvalue weighted by Gasteiger charge is 2.31. The molecule has 112 valence electrons. The fraction of sp³-hybridized carbons (Fsp3) is 0.143. The Hall–Kier alpha value is -1.40. The van der Waals surface area contributed by atoms with Gasteiger partial charge in [-0.05, 0) is 24.3 Å². The van der Waals surface area contributed by atoms with Gasteiger partial charge in [-0.15, -0.1) is 13.2 Å². The Labute approximate surface area is 133 Å². The Morgan fingerprint density at radius 2 is 1.86 bits per heavy atom. The second-order valence-corrected chi connectivity index (χ2v) is 5.46. The number of alkyl halides is 3. The van der Waals surface area contributed by atoms with E-state index in [1.54, 1.807) is 30.3 Å². The van der Waals surface area contributed by atoms with Crippen LogP contribution in [0.2, 0.25) is 5.02 Å². The predicted molar refractivity (Wildman–Crippen MR) is 79.6 cm³/mol. The van der Waals surface area contributed by atoms with Gasteiger partial charge in [-0.2, -0.15) is 0 Å². The summed E-state index contributed by atoms with van der Waals surface area (Å²) in [6, 6.07) is 11.2. The lowest BCUT2D eigenvalue weighted by molar-refractivity contribution is -0.274. The molecule has 0 saturated heterocycles. The Morgan fingerprint density at radius 1 is 1.14 bits per heavy atom. The van der Waals surface area contributed by atoms with Gasteiger partial charge in [0.25, 0.3) is 0 Å². The molecule has 0 aromatic heterocycles. The number of hydrogen-bond acceptors (Lipinski definition) is 2. The maximum absolute atomic E-state index is 12.3. The lowest BCUT2D eigenvalue weighted by atomic mass is 10.2. The number of para-hydroxylation sites is 1. The molecule has 0 bridgehead atoms. The van der Waals surface area contributed by atoms with Gasteiger partial charge < -0.3 is 10.1 Å². The maximum atomic E-state index is 12.3. The van der Waals surface area contributed by atoms with Crippen molar-refractivity contribution in [3.8, 4) is 5.75 Å². The van der Waals surface area contributed by atoms with Gasteiger partial charge >= 0.3 is 6.36 Å². The number of halogens is 5. The monoisotopic (exact) mass is 379 g/mol. The summed E-state index contributed by atoms with van der Waals surface area (Å²) in [6.45, 7) is 0.160. The molecule has 7 heteroatoms. The molecule has 2 aromatic rings. The number of rotatable bonds is 4. The summed E-state index contributed by atoms with van der Waals surface area (Å²) in [7, 11) is 0. The highest BCUT2D eigenvalue weighted by molar-refractivity contribution is 9.10. The molecule has 0 spiro atoms. The minimum absolute atomic E-state index is 0.160. The molecule has 2 nitrogen and oxygen atoms in total. The van der Waals surface area contributed by atoms with Crippen molar-refractivity contribution in [3.05, 3.63) is 57.5 Å². The molecule has 0 saturated carbocycles. The SMILES string of the molecule is FC(F)(F)Oc1ccccc1CNc1ccc(Br)cc1Cl. The zero-order valence-electron chi connectivity index (χ0n) is 10.5. The molecule has 0 fully saturated rings. The lowest BCUT2D eigenvalue weighted by Crippen LogP contribution is -2.18. The summed E-state index contributed by atoms with van der Waals surface area (Å²) in [5.74, 6) is -0.231. The predicted octanol–water partition coefficient (Wildman–Crippen LogP) is 5.61. The van der Waals surface area contributed by atoms with Gasteiger partial charge in [-0.25, -0.2) is 0 Å². The van der Waals surface area contributed by atoms with E-state index in [2.05, 4.69) is 26.0 Å². The zero-order valence-corrected chi connectivity index (χ0v) is 12.9. The zero-order chi connectivity index (χ0) is 15.5. The second-order valence-electron chi connectivity index (χ2n) is 4.13. The van der Waals surface area contributed by atoms with Gasteiger partial charge in [0.2, 0.25) is 0 Å². The minimum Gasteiger partial charge on any atom is -0.405 e. The molecule has 1 N–H and O–H groups in total. The highest BCUT2D eigenvalue weighted by atomic mass is 79.9. The quantitative estimate of drug-likeness (QED) is 0.744. The fourth-order valence-electron chi connectivity index (χ4n) is 1.70. The minimum atomic E-state index is -4.72. The summed E-state index contributed by atoms with van der Waals surface area (Å²) in [6.07, 6.45) is -4.72. The van der Waals surface area contributed by atoms with E-state index >= 15 is 0 Å². The molecule has 0 aliphatic heterocycles. The molecule has 0 unspecified atom stereocenters. The number of anilines is 1. The smallest absolute Gasteiger partial charge is 0.405 e. The summed E-state index contributed by atoms with van der Waals surface area (Å²) in [4.78, 5) is 0. The molecular formula is C14H10BrClF3NO. The highest BCUT2D eigenvalue weighted by Crippen LogP contribution is 2.29. The maximum Gasteiger partial charge on any atom is 0.573 e. The third-order valence-electron chi connectivity index (χ3n) is 2.60. The molecule has 0 aliphatic rings. The van der Waals surface area contributed by atoms with E-state index in [0.29, 0.717) is 16.3 Å². The van der Waals surface area contributed by atoms with E-state index in [-0.39, 0.29) is 12.3 Å². The van der Waals surface area contributed by atoms with Crippen molar-refractivity contribution in [3.63, 3.8) is 0 Å². The van der Waals surface area contributed by atoms with Crippen molar-refractivity contribution in [2.45, 2.75) is 12.9 Å². The van der Waals surface area contributed by atoms with E-state index in [1.807, 2.05) is 0 Å². The van der Waals surface area contributed by atoms with Gasteiger partial charge in [0, 0.05) is 16.6 Å². The molecule has 0 radical (unpaired) electrons. The Kier molecular flexibility index (Phi) is 5.00. The van der Waals surface area contributed by atoms with Crippen LogP contribution in [-0.2, 0) is 6.54 Å². The van der Waals surface area contributed by atoms with Crippen LogP contribution in [0.1, 0.15) is 5.56 Å². The molecule has 0 aliphatic carbocycles. The summed E-state index contributed by atoms with van der Waals surface area (Å²) in [5, 5.41) is 3.45. The van der Waals surface area contributed by atoms with Crippen molar-refractivity contribution < 1.29 is 17.9 Å². The third kappa shape index (κ3) is 4.82. The van der Waals surface area contributed by atoms with Crippen LogP contribution in [0.15, 0.2) is 46.9 Å². The van der Waals surface area contributed by atoms with Gasteiger partial charge in [-0.1, -0.05) is 45.7 Å². The summed E-state index contributed by atoms with van der Waals surface area (Å²) in [5.41, 5.74) is 1.01. The Morgan fingerprint density at radius 3 is 2.52 bits per heavy atom. The van der Waals surface area contributed by atoms with E-state index in [0.717, 1.165) is 4.47 Å². The van der Waals surface area contributed by atoms with E-state index in [1.165, 1.54) is 12.1 Å². The van der Waals surface area contributed by atoms with Gasteiger partial charge in [0.1, 0.15) is 5.75 Å². The first-order valence-corrected chi connectivity index (χ1v) is 7.05. The van der Waals surface area contributed by atoms with Crippen LogP contribution in [0.5, 0.6) is 5.75 Å². The largest absolute Gasteiger partial charge is 0.573 e. The van der Waals surface area contributed by atoms with Crippen molar-refractivity contribution in [2.24, 2.45) is 0 Å². The first-order valence-electron chi connectivity index (χ1n) is 5.88. The van der Waals surface area contributed by atoms with Gasteiger partial charge in [0.05, 0.1) is 10.7 Å². The number of nitrogens with one attached hydrogen (secondary N) is 1. The average Bonchev–Trinajstić information content (AvgIpc) is 2.37. The number of hydrogen-bond donors (Lipinski definition) is 1. The van der Waals surface area contributed by atoms with Crippen LogP contribution in [0.25, 0.3) is 0 Å². The normalized spacial score (nSPS) is 11.3. The van der Waals surface area contributed by atoms with Crippen LogP contribution >= 0.6 is 27.5 Å². The van der Waals surface area contributed by atoms with Crippen LogP contribution in [0, 0.1) is 0 Å². The van der Waals surface area contributed by atoms with Crippen LogP contribution in [-0.4, -0.2) is 6.36 Å².